The highest BCUT2D eigenvalue weighted by molar-refractivity contribution is 6.13. The maximum Gasteiger partial charge on any atom is 0.199 e. The van der Waals surface area contributed by atoms with E-state index in [0.29, 0.717) is 12.2 Å². The number of hydrogen-bond donors (Lipinski definition) is 0. The molecule has 0 aliphatic carbocycles. The number of hydrogen-bond acceptors (Lipinski definition) is 3. The van der Waals surface area contributed by atoms with Crippen molar-refractivity contribution in [1.82, 2.24) is 0 Å². The lowest BCUT2D eigenvalue weighted by Crippen LogP contribution is -2.35. The molecule has 0 radical (unpaired) electrons. The van der Waals surface area contributed by atoms with E-state index in [1.807, 2.05) is 12.1 Å². The molecule has 1 aromatic carbocycles. The number of carbonyl (C=O) groups is 2. The van der Waals surface area contributed by atoms with Crippen molar-refractivity contribution < 1.29 is 14.3 Å². The summed E-state index contributed by atoms with van der Waals surface area (Å²) >= 11 is 0. The van der Waals surface area contributed by atoms with Crippen LogP contribution in [0.2, 0.25) is 0 Å². The summed E-state index contributed by atoms with van der Waals surface area (Å²) in [4.78, 5) is 22.8. The van der Waals surface area contributed by atoms with Crippen molar-refractivity contribution in [1.29, 1.82) is 0 Å². The van der Waals surface area contributed by atoms with Crippen LogP contribution in [0, 0.1) is 0 Å². The van der Waals surface area contributed by atoms with Crippen LogP contribution in [0.3, 0.4) is 0 Å². The SMILES string of the molecule is CC(=O)C1OCc2ccccc2C1=O. The number of fused-ring (bicyclic) bond motifs is 1. The average molecular weight is 190 g/mol. The van der Waals surface area contributed by atoms with Gasteiger partial charge in [-0.2, -0.15) is 0 Å². The molecule has 0 amide bonds. The first kappa shape index (κ1) is 9.09. The topological polar surface area (TPSA) is 43.4 Å². The first-order chi connectivity index (χ1) is 6.70. The summed E-state index contributed by atoms with van der Waals surface area (Å²) in [5.74, 6) is -0.455. The summed E-state index contributed by atoms with van der Waals surface area (Å²) in [6.45, 7) is 1.71. The summed E-state index contributed by atoms with van der Waals surface area (Å²) in [6, 6.07) is 7.21. The van der Waals surface area contributed by atoms with Gasteiger partial charge in [0.05, 0.1) is 6.61 Å². The molecule has 1 aliphatic rings. The normalized spacial score (nSPS) is 20.4. The van der Waals surface area contributed by atoms with Crippen molar-refractivity contribution >= 4 is 11.6 Å². The number of ketones is 2. The second-order valence-electron chi connectivity index (χ2n) is 3.32. The van der Waals surface area contributed by atoms with Crippen LogP contribution >= 0.6 is 0 Å². The van der Waals surface area contributed by atoms with Crippen LogP contribution in [0.25, 0.3) is 0 Å². The minimum absolute atomic E-state index is 0.223. The van der Waals surface area contributed by atoms with E-state index in [-0.39, 0.29) is 11.6 Å². The van der Waals surface area contributed by atoms with E-state index < -0.39 is 6.10 Å². The van der Waals surface area contributed by atoms with Crippen LogP contribution in [-0.2, 0) is 16.1 Å². The Kier molecular flexibility index (Phi) is 2.17. The molecule has 1 unspecified atom stereocenters. The van der Waals surface area contributed by atoms with E-state index in [0.717, 1.165) is 5.56 Å². The summed E-state index contributed by atoms with van der Waals surface area (Å²) in [7, 11) is 0. The smallest absolute Gasteiger partial charge is 0.199 e. The highest BCUT2D eigenvalue weighted by Gasteiger charge is 2.30. The summed E-state index contributed by atoms with van der Waals surface area (Å²) < 4.78 is 5.18. The molecule has 3 nitrogen and oxygen atoms in total. The van der Waals surface area contributed by atoms with E-state index in [9.17, 15) is 9.59 Å². The zero-order chi connectivity index (χ0) is 10.1. The Morgan fingerprint density at radius 2 is 2.14 bits per heavy atom. The molecule has 2 rings (SSSR count). The van der Waals surface area contributed by atoms with Gasteiger partial charge in [-0.3, -0.25) is 9.59 Å². The lowest BCUT2D eigenvalue weighted by atomic mass is 9.96. The zero-order valence-electron chi connectivity index (χ0n) is 7.82. The van der Waals surface area contributed by atoms with Crippen molar-refractivity contribution in [3.8, 4) is 0 Å². The number of benzene rings is 1. The molecule has 1 atom stereocenters. The highest BCUT2D eigenvalue weighted by Crippen LogP contribution is 2.20. The van der Waals surface area contributed by atoms with E-state index in [2.05, 4.69) is 0 Å². The van der Waals surface area contributed by atoms with E-state index in [1.165, 1.54) is 6.92 Å². The molecular weight excluding hydrogens is 180 g/mol. The molecule has 0 bridgehead atoms. The van der Waals surface area contributed by atoms with Crippen molar-refractivity contribution in [2.45, 2.75) is 19.6 Å². The summed E-state index contributed by atoms with van der Waals surface area (Å²) in [6.07, 6.45) is -0.898. The minimum Gasteiger partial charge on any atom is -0.357 e. The predicted molar refractivity (Wildman–Crippen MR) is 50.0 cm³/mol. The monoisotopic (exact) mass is 190 g/mol. The third kappa shape index (κ3) is 1.36. The standard InChI is InChI=1S/C11H10O3/c1-7(12)11-10(13)9-5-3-2-4-8(9)6-14-11/h2-5,11H,6H2,1H3. The molecule has 0 N–H and O–H groups in total. The van der Waals surface area contributed by atoms with Gasteiger partial charge in [-0.15, -0.1) is 0 Å². The number of ether oxygens (including phenoxy) is 1. The van der Waals surface area contributed by atoms with Gasteiger partial charge in [0.1, 0.15) is 0 Å². The largest absolute Gasteiger partial charge is 0.357 e. The van der Waals surface area contributed by atoms with Crippen molar-refractivity contribution in [2.24, 2.45) is 0 Å². The molecule has 14 heavy (non-hydrogen) atoms. The molecule has 3 heteroatoms. The average Bonchev–Trinajstić information content (AvgIpc) is 2.18. The van der Waals surface area contributed by atoms with Crippen LogP contribution in [-0.4, -0.2) is 17.7 Å². The molecule has 0 fully saturated rings. The second-order valence-corrected chi connectivity index (χ2v) is 3.32. The van der Waals surface area contributed by atoms with Gasteiger partial charge in [-0.1, -0.05) is 24.3 Å². The maximum atomic E-state index is 11.7. The number of Topliss-reactive ketones (excluding diaryl/α,β-unsaturated/α-hetero) is 2. The molecule has 72 valence electrons. The van der Waals surface area contributed by atoms with Crippen LogP contribution in [0.5, 0.6) is 0 Å². The Morgan fingerprint density at radius 1 is 1.43 bits per heavy atom. The quantitative estimate of drug-likeness (QED) is 0.628. The van der Waals surface area contributed by atoms with Gasteiger partial charge < -0.3 is 4.74 Å². The second kappa shape index (κ2) is 3.35. The fraction of sp³-hybridized carbons (Fsp3) is 0.273. The molecule has 0 saturated heterocycles. The van der Waals surface area contributed by atoms with Crippen LogP contribution < -0.4 is 0 Å². The fourth-order valence-electron chi connectivity index (χ4n) is 1.58. The molecule has 0 spiro atoms. The molecule has 1 aliphatic heterocycles. The Hall–Kier alpha value is -1.48. The fourth-order valence-corrected chi connectivity index (χ4v) is 1.58. The summed E-state index contributed by atoms with van der Waals surface area (Å²) in [5, 5.41) is 0. The third-order valence-electron chi connectivity index (χ3n) is 2.30. The third-order valence-corrected chi connectivity index (χ3v) is 2.30. The molecule has 0 saturated carbocycles. The van der Waals surface area contributed by atoms with Crippen LogP contribution in [0.15, 0.2) is 24.3 Å². The van der Waals surface area contributed by atoms with Gasteiger partial charge in [0, 0.05) is 5.56 Å². The van der Waals surface area contributed by atoms with Crippen molar-refractivity contribution in [3.63, 3.8) is 0 Å². The number of carbonyl (C=O) groups excluding carboxylic acids is 2. The Morgan fingerprint density at radius 3 is 2.86 bits per heavy atom. The lowest BCUT2D eigenvalue weighted by molar-refractivity contribution is -0.126. The van der Waals surface area contributed by atoms with Gasteiger partial charge in [0.25, 0.3) is 0 Å². The van der Waals surface area contributed by atoms with Crippen molar-refractivity contribution in [3.05, 3.63) is 35.4 Å². The van der Waals surface area contributed by atoms with Gasteiger partial charge in [0.2, 0.25) is 0 Å². The molecule has 1 heterocycles. The minimum atomic E-state index is -0.898. The van der Waals surface area contributed by atoms with Gasteiger partial charge in [0.15, 0.2) is 17.7 Å². The van der Waals surface area contributed by atoms with Gasteiger partial charge in [-0.25, -0.2) is 0 Å². The lowest BCUT2D eigenvalue weighted by Gasteiger charge is -2.21. The van der Waals surface area contributed by atoms with Crippen molar-refractivity contribution in [2.75, 3.05) is 0 Å². The molecule has 0 aromatic heterocycles. The highest BCUT2D eigenvalue weighted by atomic mass is 16.5. The Labute approximate surface area is 81.7 Å². The molecule has 1 aromatic rings. The maximum absolute atomic E-state index is 11.7. The zero-order valence-corrected chi connectivity index (χ0v) is 7.82. The van der Waals surface area contributed by atoms with Crippen LogP contribution in [0.1, 0.15) is 22.8 Å². The first-order valence-corrected chi connectivity index (χ1v) is 4.44. The Balaban J connectivity index is 2.41. The van der Waals surface area contributed by atoms with E-state index in [1.54, 1.807) is 12.1 Å². The van der Waals surface area contributed by atoms with Gasteiger partial charge in [-0.05, 0) is 12.5 Å². The van der Waals surface area contributed by atoms with Gasteiger partial charge >= 0.3 is 0 Å². The first-order valence-electron chi connectivity index (χ1n) is 4.44. The Bertz CT molecular complexity index is 395. The predicted octanol–water partition coefficient (Wildman–Crippen LogP) is 1.36. The van der Waals surface area contributed by atoms with E-state index >= 15 is 0 Å². The molecular formula is C11H10O3. The van der Waals surface area contributed by atoms with E-state index in [4.69, 9.17) is 4.74 Å². The van der Waals surface area contributed by atoms with Crippen LogP contribution in [0.4, 0.5) is 0 Å². The number of rotatable bonds is 1. The summed E-state index contributed by atoms with van der Waals surface area (Å²) in [5.41, 5.74) is 1.47.